The average Bonchev–Trinajstić information content (AvgIpc) is 3.02. The van der Waals surface area contributed by atoms with Gasteiger partial charge in [0.1, 0.15) is 17.2 Å². The number of carbonyl (C=O) groups excluding carboxylic acids is 1. The summed E-state index contributed by atoms with van der Waals surface area (Å²) in [6.07, 6.45) is 3.31. The van der Waals surface area contributed by atoms with Gasteiger partial charge in [-0.15, -0.1) is 11.3 Å². The standard InChI is InChI=1S/C17H16N4O2S/c1-12-14(24-17(21-12)15-18-8-5-9-19-15)16(22)20-10-11-23-13-6-3-2-4-7-13/h2-9H,10-11H2,1H3,(H,20,22). The Kier molecular flexibility index (Phi) is 5.12. The van der Waals surface area contributed by atoms with Crippen LogP contribution in [0.15, 0.2) is 48.8 Å². The molecule has 2 aromatic heterocycles. The molecule has 7 heteroatoms. The molecule has 0 aliphatic carbocycles. The first-order valence-corrected chi connectivity index (χ1v) is 8.26. The minimum Gasteiger partial charge on any atom is -0.492 e. The minimum atomic E-state index is -0.163. The predicted molar refractivity (Wildman–Crippen MR) is 92.1 cm³/mol. The number of hydrogen-bond donors (Lipinski definition) is 1. The van der Waals surface area contributed by atoms with E-state index in [1.807, 2.05) is 30.3 Å². The summed E-state index contributed by atoms with van der Waals surface area (Å²) in [6.45, 7) is 2.63. The first-order chi connectivity index (χ1) is 11.7. The van der Waals surface area contributed by atoms with Crippen molar-refractivity contribution in [1.82, 2.24) is 20.3 Å². The molecule has 2 heterocycles. The summed E-state index contributed by atoms with van der Waals surface area (Å²) >= 11 is 1.29. The number of benzene rings is 1. The smallest absolute Gasteiger partial charge is 0.263 e. The highest BCUT2D eigenvalue weighted by atomic mass is 32.1. The van der Waals surface area contributed by atoms with Gasteiger partial charge in [0, 0.05) is 12.4 Å². The molecule has 0 radical (unpaired) electrons. The fourth-order valence-electron chi connectivity index (χ4n) is 2.04. The van der Waals surface area contributed by atoms with Crippen molar-refractivity contribution in [3.05, 3.63) is 59.4 Å². The first kappa shape index (κ1) is 16.1. The highest BCUT2D eigenvalue weighted by molar-refractivity contribution is 7.17. The number of rotatable bonds is 6. The second-order valence-corrected chi connectivity index (χ2v) is 5.92. The van der Waals surface area contributed by atoms with Gasteiger partial charge in [0.15, 0.2) is 10.8 Å². The zero-order valence-corrected chi connectivity index (χ0v) is 13.9. The van der Waals surface area contributed by atoms with Crippen molar-refractivity contribution in [2.45, 2.75) is 6.92 Å². The van der Waals surface area contributed by atoms with Crippen LogP contribution in [0, 0.1) is 6.92 Å². The van der Waals surface area contributed by atoms with E-state index in [4.69, 9.17) is 4.74 Å². The molecule has 122 valence electrons. The van der Waals surface area contributed by atoms with Crippen LogP contribution in [0.25, 0.3) is 10.8 Å². The first-order valence-electron chi connectivity index (χ1n) is 7.45. The summed E-state index contributed by atoms with van der Waals surface area (Å²) in [5, 5.41) is 3.48. The molecule has 0 fully saturated rings. The van der Waals surface area contributed by atoms with Gasteiger partial charge in [-0.2, -0.15) is 0 Å². The van der Waals surface area contributed by atoms with Crippen molar-refractivity contribution in [2.24, 2.45) is 0 Å². The summed E-state index contributed by atoms with van der Waals surface area (Å²) in [6, 6.07) is 11.2. The summed E-state index contributed by atoms with van der Waals surface area (Å²) in [5.41, 5.74) is 0.670. The maximum Gasteiger partial charge on any atom is 0.263 e. The molecule has 0 saturated heterocycles. The van der Waals surface area contributed by atoms with Gasteiger partial charge in [-0.05, 0) is 25.1 Å². The lowest BCUT2D eigenvalue weighted by Gasteiger charge is -2.06. The fourth-order valence-corrected chi connectivity index (χ4v) is 2.97. The van der Waals surface area contributed by atoms with Crippen molar-refractivity contribution in [2.75, 3.05) is 13.2 Å². The second kappa shape index (κ2) is 7.65. The maximum absolute atomic E-state index is 12.3. The van der Waals surface area contributed by atoms with Crippen molar-refractivity contribution >= 4 is 17.2 Å². The Hall–Kier alpha value is -2.80. The largest absolute Gasteiger partial charge is 0.492 e. The Balaban J connectivity index is 1.56. The van der Waals surface area contributed by atoms with E-state index in [-0.39, 0.29) is 5.91 Å². The predicted octanol–water partition coefficient (Wildman–Crippen LogP) is 2.72. The number of aryl methyl sites for hydroxylation is 1. The third-order valence-electron chi connectivity index (χ3n) is 3.16. The SMILES string of the molecule is Cc1nc(-c2ncccn2)sc1C(=O)NCCOc1ccccc1. The van der Waals surface area contributed by atoms with Gasteiger partial charge in [-0.3, -0.25) is 4.79 Å². The van der Waals surface area contributed by atoms with Gasteiger partial charge in [-0.1, -0.05) is 18.2 Å². The normalized spacial score (nSPS) is 10.4. The van der Waals surface area contributed by atoms with Crippen LogP contribution in [0.1, 0.15) is 15.4 Å². The van der Waals surface area contributed by atoms with E-state index in [1.54, 1.807) is 25.4 Å². The quantitative estimate of drug-likeness (QED) is 0.698. The summed E-state index contributed by atoms with van der Waals surface area (Å²) in [5.74, 6) is 1.14. The maximum atomic E-state index is 12.3. The van der Waals surface area contributed by atoms with E-state index in [0.717, 1.165) is 5.75 Å². The van der Waals surface area contributed by atoms with Crippen LogP contribution >= 0.6 is 11.3 Å². The van der Waals surface area contributed by atoms with Crippen molar-refractivity contribution in [3.8, 4) is 16.6 Å². The van der Waals surface area contributed by atoms with Gasteiger partial charge in [0.2, 0.25) is 0 Å². The number of nitrogens with zero attached hydrogens (tertiary/aromatic N) is 3. The Morgan fingerprint density at radius 3 is 2.67 bits per heavy atom. The van der Waals surface area contributed by atoms with Gasteiger partial charge in [0.25, 0.3) is 5.91 Å². The highest BCUT2D eigenvalue weighted by Crippen LogP contribution is 2.24. The van der Waals surface area contributed by atoms with Gasteiger partial charge < -0.3 is 10.1 Å². The summed E-state index contributed by atoms with van der Waals surface area (Å²) in [7, 11) is 0. The van der Waals surface area contributed by atoms with E-state index in [1.165, 1.54) is 11.3 Å². The van der Waals surface area contributed by atoms with Crippen LogP contribution < -0.4 is 10.1 Å². The van der Waals surface area contributed by atoms with Crippen molar-refractivity contribution in [1.29, 1.82) is 0 Å². The van der Waals surface area contributed by atoms with Crippen LogP contribution in [0.2, 0.25) is 0 Å². The van der Waals surface area contributed by atoms with Crippen LogP contribution in [0.4, 0.5) is 0 Å². The minimum absolute atomic E-state index is 0.163. The number of nitrogens with one attached hydrogen (secondary N) is 1. The van der Waals surface area contributed by atoms with Gasteiger partial charge in [-0.25, -0.2) is 15.0 Å². The monoisotopic (exact) mass is 340 g/mol. The number of ether oxygens (including phenoxy) is 1. The van der Waals surface area contributed by atoms with E-state index in [2.05, 4.69) is 20.3 Å². The molecule has 6 nitrogen and oxygen atoms in total. The molecular weight excluding hydrogens is 324 g/mol. The number of thiazole rings is 1. The number of aromatic nitrogens is 3. The number of hydrogen-bond acceptors (Lipinski definition) is 6. The molecule has 3 aromatic rings. The lowest BCUT2D eigenvalue weighted by molar-refractivity contribution is 0.0950. The van der Waals surface area contributed by atoms with Crippen LogP contribution in [-0.4, -0.2) is 34.0 Å². The second-order valence-electron chi connectivity index (χ2n) is 4.92. The third-order valence-corrected chi connectivity index (χ3v) is 4.31. The lowest BCUT2D eigenvalue weighted by atomic mass is 10.3. The van der Waals surface area contributed by atoms with E-state index in [0.29, 0.717) is 34.6 Å². The van der Waals surface area contributed by atoms with E-state index in [9.17, 15) is 4.79 Å². The highest BCUT2D eigenvalue weighted by Gasteiger charge is 2.17. The Labute approximate surface area is 143 Å². The molecule has 1 amide bonds. The van der Waals surface area contributed by atoms with Crippen LogP contribution in [0.3, 0.4) is 0 Å². The van der Waals surface area contributed by atoms with Gasteiger partial charge in [0.05, 0.1) is 12.2 Å². The van der Waals surface area contributed by atoms with Gasteiger partial charge >= 0.3 is 0 Å². The Bertz CT molecular complexity index is 806. The summed E-state index contributed by atoms with van der Waals surface area (Å²) in [4.78, 5) is 25.5. The molecule has 0 unspecified atom stereocenters. The molecule has 24 heavy (non-hydrogen) atoms. The van der Waals surface area contributed by atoms with E-state index >= 15 is 0 Å². The molecule has 0 aliphatic rings. The molecule has 0 bridgehead atoms. The van der Waals surface area contributed by atoms with Crippen LogP contribution in [0.5, 0.6) is 5.75 Å². The molecule has 1 aromatic carbocycles. The fraction of sp³-hybridized carbons (Fsp3) is 0.176. The lowest BCUT2D eigenvalue weighted by Crippen LogP contribution is -2.27. The summed E-state index contributed by atoms with van der Waals surface area (Å²) < 4.78 is 5.55. The zero-order valence-electron chi connectivity index (χ0n) is 13.1. The number of para-hydroxylation sites is 1. The molecule has 0 spiro atoms. The topological polar surface area (TPSA) is 77.0 Å². The zero-order chi connectivity index (χ0) is 16.8. The number of carbonyl (C=O) groups is 1. The molecule has 0 aliphatic heterocycles. The molecule has 3 rings (SSSR count). The Morgan fingerprint density at radius 2 is 1.92 bits per heavy atom. The van der Waals surface area contributed by atoms with Crippen molar-refractivity contribution in [3.63, 3.8) is 0 Å². The molecule has 0 atom stereocenters. The number of amides is 1. The third kappa shape index (κ3) is 3.94. The van der Waals surface area contributed by atoms with Crippen molar-refractivity contribution < 1.29 is 9.53 Å². The molecule has 1 N–H and O–H groups in total. The molecule has 0 saturated carbocycles. The van der Waals surface area contributed by atoms with Crippen LogP contribution in [-0.2, 0) is 0 Å². The Morgan fingerprint density at radius 1 is 1.17 bits per heavy atom. The molecular formula is C17H16N4O2S. The van der Waals surface area contributed by atoms with E-state index < -0.39 is 0 Å². The average molecular weight is 340 g/mol.